The SMILES string of the molecule is Cc1nc2ccc(-c3noc(C4CCC5(CC4)NC(=O)NC5=O)n3)cc2s1. The standard InChI is InChI=1S/C18H17N5O3S/c1-9-19-12-3-2-11(8-13(12)27-9)14-20-15(26-23-14)10-4-6-18(7-5-10)16(24)21-17(25)22-18/h2-3,8,10H,4-7H2,1H3,(H2,21,22,24,25). The van der Waals surface area contributed by atoms with E-state index in [1.54, 1.807) is 11.3 Å². The van der Waals surface area contributed by atoms with Gasteiger partial charge in [-0.2, -0.15) is 4.98 Å². The first-order valence-corrected chi connectivity index (χ1v) is 9.69. The van der Waals surface area contributed by atoms with Crippen molar-refractivity contribution in [3.63, 3.8) is 0 Å². The van der Waals surface area contributed by atoms with Gasteiger partial charge in [-0.1, -0.05) is 5.16 Å². The molecule has 1 aromatic carbocycles. The first-order valence-electron chi connectivity index (χ1n) is 8.87. The number of rotatable bonds is 2. The molecule has 0 radical (unpaired) electrons. The molecular weight excluding hydrogens is 366 g/mol. The monoisotopic (exact) mass is 383 g/mol. The molecule has 1 aliphatic heterocycles. The minimum absolute atomic E-state index is 0.0940. The van der Waals surface area contributed by atoms with Gasteiger partial charge in [0.1, 0.15) is 5.54 Å². The molecule has 2 aromatic heterocycles. The van der Waals surface area contributed by atoms with Crippen molar-refractivity contribution in [1.82, 2.24) is 25.8 Å². The van der Waals surface area contributed by atoms with Gasteiger partial charge in [0.15, 0.2) is 0 Å². The van der Waals surface area contributed by atoms with Gasteiger partial charge >= 0.3 is 6.03 Å². The second kappa shape index (κ2) is 5.85. The maximum atomic E-state index is 12.1. The zero-order valence-electron chi connectivity index (χ0n) is 14.6. The molecule has 2 fully saturated rings. The van der Waals surface area contributed by atoms with Gasteiger partial charge in [0, 0.05) is 11.5 Å². The normalized spacial score (nSPS) is 25.1. The lowest BCUT2D eigenvalue weighted by molar-refractivity contribution is -0.125. The van der Waals surface area contributed by atoms with Gasteiger partial charge in [0.25, 0.3) is 5.91 Å². The largest absolute Gasteiger partial charge is 0.339 e. The van der Waals surface area contributed by atoms with E-state index in [9.17, 15) is 9.59 Å². The number of fused-ring (bicyclic) bond motifs is 1. The average molecular weight is 383 g/mol. The van der Waals surface area contributed by atoms with Crippen molar-refractivity contribution in [1.29, 1.82) is 0 Å². The molecule has 1 aliphatic carbocycles. The van der Waals surface area contributed by atoms with Crippen LogP contribution in [0.4, 0.5) is 4.79 Å². The lowest BCUT2D eigenvalue weighted by Crippen LogP contribution is -2.49. The molecule has 3 aromatic rings. The summed E-state index contributed by atoms with van der Waals surface area (Å²) in [4.78, 5) is 32.5. The van der Waals surface area contributed by atoms with E-state index < -0.39 is 11.6 Å². The Morgan fingerprint density at radius 1 is 1.22 bits per heavy atom. The predicted octanol–water partition coefficient (Wildman–Crippen LogP) is 2.89. The highest BCUT2D eigenvalue weighted by Crippen LogP contribution is 2.39. The van der Waals surface area contributed by atoms with E-state index in [1.807, 2.05) is 25.1 Å². The summed E-state index contributed by atoms with van der Waals surface area (Å²) in [5.74, 6) is 1.01. The number of benzene rings is 1. The van der Waals surface area contributed by atoms with Gasteiger partial charge in [-0.25, -0.2) is 9.78 Å². The number of urea groups is 1. The Bertz CT molecular complexity index is 1060. The molecule has 2 aliphatic rings. The molecule has 1 spiro atoms. The number of amides is 3. The average Bonchev–Trinajstić information content (AvgIpc) is 3.33. The van der Waals surface area contributed by atoms with E-state index in [4.69, 9.17) is 4.52 Å². The fraction of sp³-hybridized carbons (Fsp3) is 0.389. The van der Waals surface area contributed by atoms with Crippen molar-refractivity contribution in [2.24, 2.45) is 0 Å². The topological polar surface area (TPSA) is 110 Å². The lowest BCUT2D eigenvalue weighted by Gasteiger charge is -2.33. The number of aromatic nitrogens is 3. The molecule has 1 saturated carbocycles. The summed E-state index contributed by atoms with van der Waals surface area (Å²) in [5, 5.41) is 10.3. The van der Waals surface area contributed by atoms with Gasteiger partial charge in [-0.15, -0.1) is 11.3 Å². The number of hydrogen-bond donors (Lipinski definition) is 2. The van der Waals surface area contributed by atoms with E-state index >= 15 is 0 Å². The van der Waals surface area contributed by atoms with Crippen LogP contribution in [0.3, 0.4) is 0 Å². The summed E-state index contributed by atoms with van der Waals surface area (Å²) in [6.45, 7) is 1.99. The lowest BCUT2D eigenvalue weighted by atomic mass is 9.76. The second-order valence-corrected chi connectivity index (χ2v) is 8.37. The second-order valence-electron chi connectivity index (χ2n) is 7.14. The Kier molecular flexibility index (Phi) is 3.55. The molecule has 3 amide bonds. The number of carbonyl (C=O) groups excluding carboxylic acids is 2. The molecule has 27 heavy (non-hydrogen) atoms. The zero-order valence-corrected chi connectivity index (χ0v) is 15.4. The summed E-state index contributed by atoms with van der Waals surface area (Å²) < 4.78 is 6.61. The maximum absolute atomic E-state index is 12.1. The van der Waals surface area contributed by atoms with Gasteiger partial charge in [0.2, 0.25) is 11.7 Å². The zero-order chi connectivity index (χ0) is 18.6. The van der Waals surface area contributed by atoms with Crippen LogP contribution < -0.4 is 10.6 Å². The minimum Gasteiger partial charge on any atom is -0.339 e. The third-order valence-corrected chi connectivity index (χ3v) is 6.33. The molecule has 3 heterocycles. The van der Waals surface area contributed by atoms with E-state index in [-0.39, 0.29) is 11.8 Å². The Morgan fingerprint density at radius 2 is 2.04 bits per heavy atom. The van der Waals surface area contributed by atoms with Crippen LogP contribution in [0.1, 0.15) is 42.5 Å². The van der Waals surface area contributed by atoms with Crippen molar-refractivity contribution in [2.45, 2.75) is 44.1 Å². The molecule has 5 rings (SSSR count). The minimum atomic E-state index is -0.772. The van der Waals surface area contributed by atoms with Crippen molar-refractivity contribution in [2.75, 3.05) is 0 Å². The fourth-order valence-electron chi connectivity index (χ4n) is 3.93. The Balaban J connectivity index is 1.35. The van der Waals surface area contributed by atoms with E-state index in [0.29, 0.717) is 37.4 Å². The number of imide groups is 1. The van der Waals surface area contributed by atoms with Crippen LogP contribution in [0.5, 0.6) is 0 Å². The van der Waals surface area contributed by atoms with Crippen LogP contribution in [0.2, 0.25) is 0 Å². The van der Waals surface area contributed by atoms with Crippen molar-refractivity contribution < 1.29 is 14.1 Å². The number of hydrogen-bond acceptors (Lipinski definition) is 7. The quantitative estimate of drug-likeness (QED) is 0.659. The molecule has 0 bridgehead atoms. The highest BCUT2D eigenvalue weighted by atomic mass is 32.1. The molecule has 8 nitrogen and oxygen atoms in total. The highest BCUT2D eigenvalue weighted by Gasteiger charge is 2.48. The Labute approximate surface area is 158 Å². The number of carbonyl (C=O) groups is 2. The van der Waals surface area contributed by atoms with Crippen LogP contribution in [-0.2, 0) is 4.79 Å². The smallest absolute Gasteiger partial charge is 0.322 e. The van der Waals surface area contributed by atoms with Crippen molar-refractivity contribution in [3.8, 4) is 11.4 Å². The van der Waals surface area contributed by atoms with E-state index in [1.165, 1.54) is 0 Å². The Hall–Kier alpha value is -2.81. The number of thiazole rings is 1. The number of nitrogens with zero attached hydrogens (tertiary/aromatic N) is 3. The van der Waals surface area contributed by atoms with Crippen LogP contribution in [0.25, 0.3) is 21.6 Å². The highest BCUT2D eigenvalue weighted by molar-refractivity contribution is 7.18. The van der Waals surface area contributed by atoms with Crippen LogP contribution >= 0.6 is 11.3 Å². The van der Waals surface area contributed by atoms with E-state index in [2.05, 4.69) is 25.8 Å². The van der Waals surface area contributed by atoms with Gasteiger partial charge < -0.3 is 9.84 Å². The molecular formula is C18H17N5O3S. The summed E-state index contributed by atoms with van der Waals surface area (Å²) in [6.07, 6.45) is 2.56. The third kappa shape index (κ3) is 2.69. The summed E-state index contributed by atoms with van der Waals surface area (Å²) in [7, 11) is 0. The fourth-order valence-corrected chi connectivity index (χ4v) is 4.80. The molecule has 2 N–H and O–H groups in total. The molecule has 0 unspecified atom stereocenters. The van der Waals surface area contributed by atoms with Gasteiger partial charge in [-0.05, 0) is 50.8 Å². The molecule has 1 saturated heterocycles. The summed E-state index contributed by atoms with van der Waals surface area (Å²) in [6, 6.07) is 5.54. The molecule has 9 heteroatoms. The van der Waals surface area contributed by atoms with Crippen LogP contribution in [0.15, 0.2) is 22.7 Å². The van der Waals surface area contributed by atoms with Crippen molar-refractivity contribution in [3.05, 3.63) is 29.1 Å². The van der Waals surface area contributed by atoms with E-state index in [0.717, 1.165) is 20.8 Å². The third-order valence-electron chi connectivity index (χ3n) is 5.40. The van der Waals surface area contributed by atoms with Crippen LogP contribution in [0, 0.1) is 6.92 Å². The first kappa shape index (κ1) is 16.4. The number of nitrogens with one attached hydrogen (secondary N) is 2. The van der Waals surface area contributed by atoms with Crippen molar-refractivity contribution >= 4 is 33.5 Å². The Morgan fingerprint density at radius 3 is 2.78 bits per heavy atom. The first-order chi connectivity index (χ1) is 13.0. The number of aryl methyl sites for hydroxylation is 1. The summed E-state index contributed by atoms with van der Waals surface area (Å²) >= 11 is 1.64. The molecule has 0 atom stereocenters. The molecule has 138 valence electrons. The predicted molar refractivity (Wildman–Crippen MR) is 98.3 cm³/mol. The summed E-state index contributed by atoms with van der Waals surface area (Å²) in [5.41, 5.74) is 1.10. The maximum Gasteiger partial charge on any atom is 0.322 e. The van der Waals surface area contributed by atoms with Crippen LogP contribution in [-0.4, -0.2) is 32.6 Å². The van der Waals surface area contributed by atoms with Gasteiger partial charge in [0.05, 0.1) is 15.2 Å². The van der Waals surface area contributed by atoms with Gasteiger partial charge in [-0.3, -0.25) is 10.1 Å².